The number of alkyl halides is 3. The van der Waals surface area contributed by atoms with Gasteiger partial charge in [0.25, 0.3) is 0 Å². The summed E-state index contributed by atoms with van der Waals surface area (Å²) in [5.74, 6) is -0.884. The average Bonchev–Trinajstić information content (AvgIpc) is 2.66. The molecule has 2 N–H and O–H groups in total. The number of benzene rings is 2. The van der Waals surface area contributed by atoms with E-state index in [0.717, 1.165) is 17.2 Å². The molecule has 156 valence electrons. The van der Waals surface area contributed by atoms with E-state index in [-0.39, 0.29) is 24.7 Å². The Morgan fingerprint density at radius 2 is 1.59 bits per heavy atom. The molecule has 0 atom stereocenters. The van der Waals surface area contributed by atoms with E-state index in [1.54, 1.807) is 11.8 Å². The molecule has 2 aromatic carbocycles. The van der Waals surface area contributed by atoms with Gasteiger partial charge < -0.3 is 10.6 Å². The van der Waals surface area contributed by atoms with Crippen LogP contribution in [-0.4, -0.2) is 36.3 Å². The van der Waals surface area contributed by atoms with E-state index in [1.165, 1.54) is 18.2 Å². The number of hydrogen-bond acceptors (Lipinski definition) is 3. The Labute approximate surface area is 167 Å². The van der Waals surface area contributed by atoms with Crippen molar-refractivity contribution in [2.24, 2.45) is 0 Å². The summed E-state index contributed by atoms with van der Waals surface area (Å²) in [6.07, 6.45) is -4.57. The van der Waals surface area contributed by atoms with E-state index in [4.69, 9.17) is 0 Å². The molecule has 2 aromatic rings. The van der Waals surface area contributed by atoms with Gasteiger partial charge in [0, 0.05) is 6.54 Å². The highest BCUT2D eigenvalue weighted by molar-refractivity contribution is 5.93. The van der Waals surface area contributed by atoms with Gasteiger partial charge in [-0.25, -0.2) is 0 Å². The topological polar surface area (TPSA) is 61.4 Å². The lowest BCUT2D eigenvalue weighted by molar-refractivity contribution is -0.137. The van der Waals surface area contributed by atoms with Gasteiger partial charge in [-0.15, -0.1) is 0 Å². The van der Waals surface area contributed by atoms with Crippen molar-refractivity contribution in [2.45, 2.75) is 26.6 Å². The third kappa shape index (κ3) is 7.23. The second-order valence-electron chi connectivity index (χ2n) is 6.66. The zero-order valence-electron chi connectivity index (χ0n) is 16.3. The predicted molar refractivity (Wildman–Crippen MR) is 105 cm³/mol. The molecule has 8 heteroatoms. The molecule has 0 radical (unpaired) electrons. The van der Waals surface area contributed by atoms with Crippen LogP contribution in [0.25, 0.3) is 0 Å². The summed E-state index contributed by atoms with van der Waals surface area (Å²) in [6.45, 7) is 4.27. The molecular formula is C21H24F3N3O2. The van der Waals surface area contributed by atoms with Gasteiger partial charge in [0.2, 0.25) is 11.8 Å². The number of anilines is 1. The molecule has 0 saturated heterocycles. The lowest BCUT2D eigenvalue weighted by Gasteiger charge is -2.20. The summed E-state index contributed by atoms with van der Waals surface area (Å²) in [5.41, 5.74) is 0.862. The largest absolute Gasteiger partial charge is 0.418 e. The third-order valence-electron chi connectivity index (χ3n) is 4.30. The van der Waals surface area contributed by atoms with Gasteiger partial charge in [-0.1, -0.05) is 48.9 Å². The molecule has 2 rings (SSSR count). The fourth-order valence-electron chi connectivity index (χ4n) is 2.68. The van der Waals surface area contributed by atoms with Crippen molar-refractivity contribution in [2.75, 3.05) is 25.0 Å². The molecular weight excluding hydrogens is 383 g/mol. The minimum Gasteiger partial charge on any atom is -0.351 e. The molecule has 0 aliphatic rings. The van der Waals surface area contributed by atoms with Crippen LogP contribution < -0.4 is 10.6 Å². The SMILES string of the molecule is CCN(CC(=O)NCc1ccc(C)cc1)CC(=O)Nc1ccccc1C(F)(F)F. The molecule has 5 nitrogen and oxygen atoms in total. The number of nitrogens with one attached hydrogen (secondary N) is 2. The van der Waals surface area contributed by atoms with Crippen LogP contribution in [0.15, 0.2) is 48.5 Å². The standard InChI is InChI=1S/C21H24F3N3O2/c1-3-27(13-19(28)25-12-16-10-8-15(2)9-11-16)14-20(29)26-18-7-5-4-6-17(18)21(22,23)24/h4-11H,3,12-14H2,1-2H3,(H,25,28)(H,26,29). The highest BCUT2D eigenvalue weighted by Crippen LogP contribution is 2.34. The van der Waals surface area contributed by atoms with E-state index in [9.17, 15) is 22.8 Å². The van der Waals surface area contributed by atoms with E-state index in [1.807, 2.05) is 31.2 Å². The quantitative estimate of drug-likeness (QED) is 0.703. The fourth-order valence-corrected chi connectivity index (χ4v) is 2.68. The number of nitrogens with zero attached hydrogens (tertiary/aromatic N) is 1. The summed E-state index contributed by atoms with van der Waals surface area (Å²) < 4.78 is 39.1. The number of amides is 2. The van der Waals surface area contributed by atoms with Crippen molar-refractivity contribution in [1.29, 1.82) is 0 Å². The van der Waals surface area contributed by atoms with Crippen molar-refractivity contribution in [3.63, 3.8) is 0 Å². The lowest BCUT2D eigenvalue weighted by atomic mass is 10.1. The highest BCUT2D eigenvalue weighted by Gasteiger charge is 2.33. The number of hydrogen-bond donors (Lipinski definition) is 2. The van der Waals surface area contributed by atoms with Gasteiger partial charge >= 0.3 is 6.18 Å². The smallest absolute Gasteiger partial charge is 0.351 e. The first-order chi connectivity index (χ1) is 13.7. The number of likely N-dealkylation sites (N-methyl/N-ethyl adjacent to an activating group) is 1. The summed E-state index contributed by atoms with van der Waals surface area (Å²) >= 11 is 0. The maximum absolute atomic E-state index is 13.0. The molecule has 0 heterocycles. The van der Waals surface area contributed by atoms with Gasteiger partial charge in [-0.05, 0) is 31.2 Å². The maximum atomic E-state index is 13.0. The highest BCUT2D eigenvalue weighted by atomic mass is 19.4. The van der Waals surface area contributed by atoms with Crippen LogP contribution in [-0.2, 0) is 22.3 Å². The zero-order valence-corrected chi connectivity index (χ0v) is 16.3. The Balaban J connectivity index is 1.88. The molecule has 0 saturated carbocycles. The van der Waals surface area contributed by atoms with E-state index in [0.29, 0.717) is 13.1 Å². The molecule has 0 aliphatic heterocycles. The van der Waals surface area contributed by atoms with Crippen LogP contribution >= 0.6 is 0 Å². The number of carbonyl (C=O) groups is 2. The van der Waals surface area contributed by atoms with E-state index in [2.05, 4.69) is 10.6 Å². The second kappa shape index (κ2) is 10.1. The van der Waals surface area contributed by atoms with Gasteiger partial charge in [0.15, 0.2) is 0 Å². The fraction of sp³-hybridized carbons (Fsp3) is 0.333. The molecule has 0 aromatic heterocycles. The van der Waals surface area contributed by atoms with E-state index >= 15 is 0 Å². The van der Waals surface area contributed by atoms with Crippen LogP contribution in [0.2, 0.25) is 0 Å². The van der Waals surface area contributed by atoms with Gasteiger partial charge in [0.1, 0.15) is 0 Å². The Kier molecular flexibility index (Phi) is 7.78. The Morgan fingerprint density at radius 1 is 0.966 bits per heavy atom. The first kappa shape index (κ1) is 22.4. The normalized spacial score (nSPS) is 11.4. The zero-order chi connectivity index (χ0) is 21.4. The van der Waals surface area contributed by atoms with Crippen LogP contribution in [0.1, 0.15) is 23.6 Å². The molecule has 0 spiro atoms. The van der Waals surface area contributed by atoms with Gasteiger partial charge in [-0.2, -0.15) is 13.2 Å². The first-order valence-electron chi connectivity index (χ1n) is 9.19. The van der Waals surface area contributed by atoms with Crippen molar-refractivity contribution >= 4 is 17.5 Å². The Bertz CT molecular complexity index is 836. The van der Waals surface area contributed by atoms with Gasteiger partial charge in [0.05, 0.1) is 24.3 Å². The third-order valence-corrected chi connectivity index (χ3v) is 4.30. The summed E-state index contributed by atoms with van der Waals surface area (Å²) in [4.78, 5) is 25.9. The number of para-hydroxylation sites is 1. The van der Waals surface area contributed by atoms with Crippen molar-refractivity contribution < 1.29 is 22.8 Å². The summed E-state index contributed by atoms with van der Waals surface area (Å²) in [7, 11) is 0. The van der Waals surface area contributed by atoms with E-state index < -0.39 is 17.6 Å². The maximum Gasteiger partial charge on any atom is 0.418 e. The predicted octanol–water partition coefficient (Wildman–Crippen LogP) is 3.59. The van der Waals surface area contributed by atoms with Crippen LogP contribution in [0.5, 0.6) is 0 Å². The van der Waals surface area contributed by atoms with Crippen LogP contribution in [0.4, 0.5) is 18.9 Å². The van der Waals surface area contributed by atoms with Crippen molar-refractivity contribution in [1.82, 2.24) is 10.2 Å². The van der Waals surface area contributed by atoms with Crippen LogP contribution in [0, 0.1) is 6.92 Å². The summed E-state index contributed by atoms with van der Waals surface area (Å²) in [6, 6.07) is 12.5. The Morgan fingerprint density at radius 3 is 2.21 bits per heavy atom. The monoisotopic (exact) mass is 407 g/mol. The lowest BCUT2D eigenvalue weighted by Crippen LogP contribution is -2.41. The molecule has 0 aliphatic carbocycles. The number of halogens is 3. The molecule has 29 heavy (non-hydrogen) atoms. The van der Waals surface area contributed by atoms with Gasteiger partial charge in [-0.3, -0.25) is 14.5 Å². The molecule has 2 amide bonds. The first-order valence-corrected chi connectivity index (χ1v) is 9.19. The molecule has 0 bridgehead atoms. The average molecular weight is 407 g/mol. The van der Waals surface area contributed by atoms with Crippen molar-refractivity contribution in [3.05, 3.63) is 65.2 Å². The van der Waals surface area contributed by atoms with Crippen molar-refractivity contribution in [3.8, 4) is 0 Å². The number of carbonyl (C=O) groups excluding carboxylic acids is 2. The molecule has 0 fully saturated rings. The Hall–Kier alpha value is -2.87. The number of aryl methyl sites for hydroxylation is 1. The minimum absolute atomic E-state index is 0.0311. The number of rotatable bonds is 8. The van der Waals surface area contributed by atoms with Crippen LogP contribution in [0.3, 0.4) is 0 Å². The second-order valence-corrected chi connectivity index (χ2v) is 6.66. The summed E-state index contributed by atoms with van der Waals surface area (Å²) in [5, 5.41) is 5.06. The molecule has 0 unspecified atom stereocenters. The minimum atomic E-state index is -4.57.